The minimum Gasteiger partial charge on any atom is -0.387 e. The van der Waals surface area contributed by atoms with Crippen LogP contribution in [0.2, 0.25) is 0 Å². The maximum atomic E-state index is 10.1. The van der Waals surface area contributed by atoms with Crippen LogP contribution in [0.3, 0.4) is 0 Å². The lowest BCUT2D eigenvalue weighted by atomic mass is 9.95. The Bertz CT molecular complexity index is 267. The van der Waals surface area contributed by atoms with Gasteiger partial charge in [-0.1, -0.05) is 36.8 Å². The third-order valence-electron chi connectivity index (χ3n) is 2.87. The van der Waals surface area contributed by atoms with Gasteiger partial charge in [0.25, 0.3) is 0 Å². The summed E-state index contributed by atoms with van der Waals surface area (Å²) in [7, 11) is 0. The van der Waals surface area contributed by atoms with Crippen LogP contribution in [-0.4, -0.2) is 17.7 Å². The zero-order valence-corrected chi connectivity index (χ0v) is 8.32. The topological polar surface area (TPSA) is 32.3 Å². The predicted molar refractivity (Wildman–Crippen MR) is 57.0 cm³/mol. The van der Waals surface area contributed by atoms with Crippen molar-refractivity contribution in [1.29, 1.82) is 0 Å². The zero-order valence-electron chi connectivity index (χ0n) is 8.32. The molecule has 0 bridgehead atoms. The molecule has 1 aromatic carbocycles. The van der Waals surface area contributed by atoms with Crippen molar-refractivity contribution < 1.29 is 5.11 Å². The van der Waals surface area contributed by atoms with E-state index in [-0.39, 0.29) is 12.1 Å². The fourth-order valence-corrected chi connectivity index (χ4v) is 2.03. The number of hydrogen-bond donors (Lipinski definition) is 2. The largest absolute Gasteiger partial charge is 0.387 e. The fraction of sp³-hybridized carbons (Fsp3) is 0.500. The number of aliphatic hydroxyl groups excluding tert-OH is 1. The molecule has 2 N–H and O–H groups in total. The summed E-state index contributed by atoms with van der Waals surface area (Å²) in [5.41, 5.74) is 1.02. The van der Waals surface area contributed by atoms with Crippen molar-refractivity contribution in [2.75, 3.05) is 6.54 Å². The van der Waals surface area contributed by atoms with Crippen LogP contribution in [0, 0.1) is 0 Å². The first-order valence-electron chi connectivity index (χ1n) is 5.34. The lowest BCUT2D eigenvalue weighted by Crippen LogP contribution is -2.38. The van der Waals surface area contributed by atoms with Gasteiger partial charge in [-0.3, -0.25) is 0 Å². The van der Waals surface area contributed by atoms with Crippen molar-refractivity contribution >= 4 is 0 Å². The molecule has 0 amide bonds. The SMILES string of the molecule is O[C@H](c1ccccc1)[C@@H]1CCCCN1. The first kappa shape index (κ1) is 9.69. The maximum Gasteiger partial charge on any atom is 0.0942 e. The third-order valence-corrected chi connectivity index (χ3v) is 2.87. The number of hydrogen-bond acceptors (Lipinski definition) is 2. The highest BCUT2D eigenvalue weighted by atomic mass is 16.3. The molecule has 1 aliphatic heterocycles. The number of benzene rings is 1. The summed E-state index contributed by atoms with van der Waals surface area (Å²) < 4.78 is 0. The molecule has 2 rings (SSSR count). The van der Waals surface area contributed by atoms with E-state index in [9.17, 15) is 5.11 Å². The molecule has 0 aliphatic carbocycles. The van der Waals surface area contributed by atoms with Gasteiger partial charge >= 0.3 is 0 Å². The second-order valence-electron chi connectivity index (χ2n) is 3.91. The molecule has 0 aromatic heterocycles. The van der Waals surface area contributed by atoms with Crippen LogP contribution < -0.4 is 5.32 Å². The Morgan fingerprint density at radius 3 is 2.64 bits per heavy atom. The Morgan fingerprint density at radius 1 is 1.21 bits per heavy atom. The zero-order chi connectivity index (χ0) is 9.80. The number of nitrogens with one attached hydrogen (secondary N) is 1. The molecule has 0 unspecified atom stereocenters. The molecule has 2 nitrogen and oxygen atoms in total. The van der Waals surface area contributed by atoms with Gasteiger partial charge in [-0.2, -0.15) is 0 Å². The second-order valence-corrected chi connectivity index (χ2v) is 3.91. The van der Waals surface area contributed by atoms with E-state index in [1.165, 1.54) is 12.8 Å². The van der Waals surface area contributed by atoms with E-state index in [0.29, 0.717) is 0 Å². The van der Waals surface area contributed by atoms with Crippen LogP contribution in [0.5, 0.6) is 0 Å². The van der Waals surface area contributed by atoms with Gasteiger partial charge in [0.05, 0.1) is 6.10 Å². The van der Waals surface area contributed by atoms with E-state index in [2.05, 4.69) is 5.32 Å². The monoisotopic (exact) mass is 191 g/mol. The van der Waals surface area contributed by atoms with Crippen molar-refractivity contribution in [3.8, 4) is 0 Å². The molecule has 1 fully saturated rings. The number of aliphatic hydroxyl groups is 1. The van der Waals surface area contributed by atoms with Gasteiger partial charge in [0, 0.05) is 6.04 Å². The van der Waals surface area contributed by atoms with Crippen LogP contribution in [-0.2, 0) is 0 Å². The Morgan fingerprint density at radius 2 is 2.00 bits per heavy atom. The predicted octanol–water partition coefficient (Wildman–Crippen LogP) is 1.86. The van der Waals surface area contributed by atoms with Crippen LogP contribution in [0.1, 0.15) is 30.9 Å². The first-order valence-corrected chi connectivity index (χ1v) is 5.34. The third kappa shape index (κ3) is 2.14. The van der Waals surface area contributed by atoms with E-state index in [1.807, 2.05) is 30.3 Å². The molecular formula is C12H17NO. The quantitative estimate of drug-likeness (QED) is 0.748. The molecule has 1 saturated heterocycles. The summed E-state index contributed by atoms with van der Waals surface area (Å²) in [4.78, 5) is 0. The van der Waals surface area contributed by atoms with Crippen molar-refractivity contribution in [3.05, 3.63) is 35.9 Å². The maximum absolute atomic E-state index is 10.1. The highest BCUT2D eigenvalue weighted by Gasteiger charge is 2.21. The molecule has 1 aromatic rings. The fourth-order valence-electron chi connectivity index (χ4n) is 2.03. The molecule has 0 radical (unpaired) electrons. The summed E-state index contributed by atoms with van der Waals surface area (Å²) in [5, 5.41) is 13.5. The van der Waals surface area contributed by atoms with Gasteiger partial charge in [0.15, 0.2) is 0 Å². The van der Waals surface area contributed by atoms with Crippen LogP contribution in [0.15, 0.2) is 30.3 Å². The standard InChI is InChI=1S/C12H17NO/c14-12(10-6-2-1-3-7-10)11-8-4-5-9-13-11/h1-3,6-7,11-14H,4-5,8-9H2/t11-,12+/m0/s1. The van der Waals surface area contributed by atoms with Gasteiger partial charge in [-0.05, 0) is 24.9 Å². The average molecular weight is 191 g/mol. The normalized spacial score (nSPS) is 24.5. The van der Waals surface area contributed by atoms with Crippen molar-refractivity contribution in [2.45, 2.75) is 31.4 Å². The molecule has 0 saturated carbocycles. The minimum atomic E-state index is -0.350. The molecule has 1 heterocycles. The lowest BCUT2D eigenvalue weighted by Gasteiger charge is -2.28. The Balaban J connectivity index is 2.03. The summed E-state index contributed by atoms with van der Waals surface area (Å²) in [6.07, 6.45) is 3.19. The molecule has 1 aliphatic rings. The molecular weight excluding hydrogens is 174 g/mol. The van der Waals surface area contributed by atoms with Gasteiger partial charge in [0.2, 0.25) is 0 Å². The minimum absolute atomic E-state index is 0.242. The van der Waals surface area contributed by atoms with E-state index >= 15 is 0 Å². The second kappa shape index (κ2) is 4.58. The molecule has 0 spiro atoms. The van der Waals surface area contributed by atoms with Gasteiger partial charge < -0.3 is 10.4 Å². The van der Waals surface area contributed by atoms with Crippen molar-refractivity contribution in [1.82, 2.24) is 5.32 Å². The molecule has 2 heteroatoms. The van der Waals surface area contributed by atoms with Crippen LogP contribution >= 0.6 is 0 Å². The summed E-state index contributed by atoms with van der Waals surface area (Å²) in [6, 6.07) is 10.1. The Labute approximate surface area is 85.0 Å². The van der Waals surface area contributed by atoms with E-state index in [1.54, 1.807) is 0 Å². The smallest absolute Gasteiger partial charge is 0.0942 e. The van der Waals surface area contributed by atoms with Gasteiger partial charge in [0.1, 0.15) is 0 Å². The highest BCUT2D eigenvalue weighted by molar-refractivity contribution is 5.18. The highest BCUT2D eigenvalue weighted by Crippen LogP contribution is 2.22. The van der Waals surface area contributed by atoms with E-state index in [4.69, 9.17) is 0 Å². The number of rotatable bonds is 2. The average Bonchev–Trinajstić information content (AvgIpc) is 2.30. The molecule has 76 valence electrons. The molecule has 2 atom stereocenters. The first-order chi connectivity index (χ1) is 6.88. The molecule has 14 heavy (non-hydrogen) atoms. The van der Waals surface area contributed by atoms with Crippen LogP contribution in [0.4, 0.5) is 0 Å². The van der Waals surface area contributed by atoms with Gasteiger partial charge in [-0.25, -0.2) is 0 Å². The van der Waals surface area contributed by atoms with Crippen molar-refractivity contribution in [3.63, 3.8) is 0 Å². The summed E-state index contributed by atoms with van der Waals surface area (Å²) in [6.45, 7) is 1.04. The van der Waals surface area contributed by atoms with Crippen LogP contribution in [0.25, 0.3) is 0 Å². The summed E-state index contributed by atoms with van der Waals surface area (Å²) >= 11 is 0. The van der Waals surface area contributed by atoms with E-state index < -0.39 is 0 Å². The van der Waals surface area contributed by atoms with Crippen molar-refractivity contribution in [2.24, 2.45) is 0 Å². The van der Waals surface area contributed by atoms with Gasteiger partial charge in [-0.15, -0.1) is 0 Å². The Kier molecular flexibility index (Phi) is 3.17. The Hall–Kier alpha value is -0.860. The lowest BCUT2D eigenvalue weighted by molar-refractivity contribution is 0.114. The summed E-state index contributed by atoms with van der Waals surface area (Å²) in [5.74, 6) is 0. The van der Waals surface area contributed by atoms with E-state index in [0.717, 1.165) is 18.5 Å². The number of piperidine rings is 1.